The Morgan fingerprint density at radius 2 is 2.03 bits per heavy atom. The van der Waals surface area contributed by atoms with E-state index in [0.717, 1.165) is 10.6 Å². The molecule has 2 aromatic rings. The molecule has 1 amide bonds. The molecule has 3 rings (SSSR count). The number of rotatable bonds is 5. The van der Waals surface area contributed by atoms with Gasteiger partial charge in [0, 0.05) is 12.1 Å². The second-order valence-electron chi connectivity index (χ2n) is 6.07. The third kappa shape index (κ3) is 4.35. The lowest BCUT2D eigenvalue weighted by Crippen LogP contribution is -2.31. The first-order chi connectivity index (χ1) is 13.4. The molecule has 1 N–H and O–H groups in total. The minimum Gasteiger partial charge on any atom is -0.497 e. The van der Waals surface area contributed by atoms with Gasteiger partial charge < -0.3 is 9.30 Å². The number of carbonyl (C=O) groups is 1. The average Bonchev–Trinajstić information content (AvgIpc) is 3.34. The maximum absolute atomic E-state index is 12.8. The number of hydrogen-bond donors (Lipinski definition) is 1. The molecule has 0 unspecified atom stereocenters. The highest BCUT2D eigenvalue weighted by Gasteiger charge is 2.57. The molecule has 1 heterocycles. The van der Waals surface area contributed by atoms with Gasteiger partial charge in [0.05, 0.1) is 18.1 Å². The van der Waals surface area contributed by atoms with Crippen LogP contribution in [0.1, 0.15) is 23.0 Å². The Bertz CT molecular complexity index is 1090. The number of methoxy groups -OCH3 is 1. The number of carbonyl (C=O) groups excluding carboxylic acids is 1. The van der Waals surface area contributed by atoms with Crippen molar-refractivity contribution in [3.05, 3.63) is 38.8 Å². The highest BCUT2D eigenvalue weighted by atomic mass is 79.9. The van der Waals surface area contributed by atoms with E-state index >= 15 is 0 Å². The second kappa shape index (κ2) is 7.64. The van der Waals surface area contributed by atoms with E-state index < -0.39 is 49.8 Å². The van der Waals surface area contributed by atoms with Gasteiger partial charge in [-0.3, -0.25) is 4.79 Å². The molecule has 1 aliphatic rings. The monoisotopic (exact) mass is 535 g/mol. The van der Waals surface area contributed by atoms with Gasteiger partial charge in [0.15, 0.2) is 10.4 Å². The van der Waals surface area contributed by atoms with Crippen LogP contribution in [0.15, 0.2) is 27.8 Å². The molecule has 1 fully saturated rings. The fourth-order valence-corrected chi connectivity index (χ4v) is 5.20. The molecule has 29 heavy (non-hydrogen) atoms. The van der Waals surface area contributed by atoms with Gasteiger partial charge in [0.1, 0.15) is 15.8 Å². The molecule has 1 aliphatic carbocycles. The van der Waals surface area contributed by atoms with E-state index in [0.29, 0.717) is 0 Å². The predicted octanol–water partition coefficient (Wildman–Crippen LogP) is 4.20. The van der Waals surface area contributed by atoms with Crippen LogP contribution in [0.5, 0.6) is 5.75 Å². The molecule has 0 bridgehead atoms. The van der Waals surface area contributed by atoms with Crippen molar-refractivity contribution in [1.82, 2.24) is 14.3 Å². The SMILES string of the molecule is COc1ccc(Cl)c(S(=O)(=O)NC(=O)c2nc(Br)n([C@H]3C[C@@H]3C(F)(F)F)c2Cl)c1. The summed E-state index contributed by atoms with van der Waals surface area (Å²) in [6, 6.07) is 2.76. The molecular formula is C15H11BrCl2F3N3O4S. The minimum atomic E-state index is -4.44. The smallest absolute Gasteiger partial charge is 0.393 e. The van der Waals surface area contributed by atoms with Gasteiger partial charge in [0.2, 0.25) is 0 Å². The van der Waals surface area contributed by atoms with Crippen LogP contribution in [0.3, 0.4) is 0 Å². The van der Waals surface area contributed by atoms with E-state index in [9.17, 15) is 26.4 Å². The van der Waals surface area contributed by atoms with E-state index in [1.54, 1.807) is 4.72 Å². The van der Waals surface area contributed by atoms with Crippen LogP contribution < -0.4 is 9.46 Å². The molecule has 7 nitrogen and oxygen atoms in total. The molecule has 158 valence electrons. The standard InChI is InChI=1S/C15H11BrCl2F3N3O4S/c1-28-6-2-3-8(17)10(4-6)29(26,27)23-13(25)11-12(18)24(14(16)22-11)9-5-7(9)15(19,20)21/h2-4,7,9H,5H2,1H3,(H,23,25)/t7-,9-/m0/s1. The van der Waals surface area contributed by atoms with Gasteiger partial charge in [-0.1, -0.05) is 23.2 Å². The molecule has 1 aromatic heterocycles. The first kappa shape index (κ1) is 22.2. The van der Waals surface area contributed by atoms with Gasteiger partial charge >= 0.3 is 6.18 Å². The largest absolute Gasteiger partial charge is 0.497 e. The van der Waals surface area contributed by atoms with Crippen molar-refractivity contribution in [1.29, 1.82) is 0 Å². The Hall–Kier alpha value is -1.50. The zero-order valence-corrected chi connectivity index (χ0v) is 18.2. The van der Waals surface area contributed by atoms with E-state index in [1.165, 1.54) is 19.2 Å². The Labute approximate surface area is 181 Å². The van der Waals surface area contributed by atoms with E-state index in [1.807, 2.05) is 0 Å². The third-order valence-electron chi connectivity index (χ3n) is 4.19. The van der Waals surface area contributed by atoms with Gasteiger partial charge in [-0.05, 0) is 34.5 Å². The van der Waals surface area contributed by atoms with Crippen LogP contribution in [-0.4, -0.2) is 37.2 Å². The fraction of sp³-hybridized carbons (Fsp3) is 0.333. The van der Waals surface area contributed by atoms with Crippen LogP contribution in [0.4, 0.5) is 13.2 Å². The summed E-state index contributed by atoms with van der Waals surface area (Å²) in [5.74, 6) is -2.67. The number of alkyl halides is 3. The topological polar surface area (TPSA) is 90.3 Å². The maximum Gasteiger partial charge on any atom is 0.393 e. The van der Waals surface area contributed by atoms with E-state index in [-0.39, 0.29) is 21.9 Å². The molecule has 1 saturated carbocycles. The number of hydrogen-bond acceptors (Lipinski definition) is 5. The van der Waals surface area contributed by atoms with Crippen molar-refractivity contribution in [3.8, 4) is 5.75 Å². The molecule has 2 atom stereocenters. The van der Waals surface area contributed by atoms with Crippen LogP contribution in [-0.2, 0) is 10.0 Å². The van der Waals surface area contributed by atoms with Gasteiger partial charge in [-0.2, -0.15) is 13.2 Å². The molecule has 0 radical (unpaired) electrons. The number of benzene rings is 1. The fourth-order valence-electron chi connectivity index (χ4n) is 2.67. The summed E-state index contributed by atoms with van der Waals surface area (Å²) in [6.45, 7) is 0. The summed E-state index contributed by atoms with van der Waals surface area (Å²) >= 11 is 14.9. The van der Waals surface area contributed by atoms with Crippen LogP contribution >= 0.6 is 39.1 Å². The Morgan fingerprint density at radius 1 is 1.38 bits per heavy atom. The molecule has 0 saturated heterocycles. The predicted molar refractivity (Wildman–Crippen MR) is 101 cm³/mol. The molecule has 14 heteroatoms. The highest BCUT2D eigenvalue weighted by molar-refractivity contribution is 9.10. The van der Waals surface area contributed by atoms with E-state index in [2.05, 4.69) is 20.9 Å². The highest BCUT2D eigenvalue weighted by Crippen LogP contribution is 2.55. The van der Waals surface area contributed by atoms with Gasteiger partial charge in [-0.25, -0.2) is 18.1 Å². The molecule has 1 aromatic carbocycles. The third-order valence-corrected chi connectivity index (χ3v) is 6.92. The summed E-state index contributed by atoms with van der Waals surface area (Å²) < 4.78 is 71.1. The first-order valence-electron chi connectivity index (χ1n) is 7.77. The first-order valence-corrected chi connectivity index (χ1v) is 10.8. The minimum absolute atomic E-state index is 0.124. The summed E-state index contributed by atoms with van der Waals surface area (Å²) in [6.07, 6.45) is -4.65. The number of nitrogens with zero attached hydrogens (tertiary/aromatic N) is 2. The van der Waals surface area contributed by atoms with Crippen LogP contribution in [0, 0.1) is 5.92 Å². The van der Waals surface area contributed by atoms with Crippen molar-refractivity contribution < 1.29 is 31.1 Å². The number of amides is 1. The number of halogens is 6. The van der Waals surface area contributed by atoms with Crippen molar-refractivity contribution in [2.45, 2.75) is 23.5 Å². The van der Waals surface area contributed by atoms with E-state index in [4.69, 9.17) is 27.9 Å². The van der Waals surface area contributed by atoms with Crippen LogP contribution in [0.25, 0.3) is 0 Å². The van der Waals surface area contributed by atoms with Crippen molar-refractivity contribution >= 4 is 55.1 Å². The second-order valence-corrected chi connectivity index (χ2v) is 9.20. The lowest BCUT2D eigenvalue weighted by Gasteiger charge is -2.10. The number of sulfonamides is 1. The Kier molecular flexibility index (Phi) is 5.84. The maximum atomic E-state index is 12.8. The summed E-state index contributed by atoms with van der Waals surface area (Å²) in [7, 11) is -3.13. The Morgan fingerprint density at radius 3 is 2.59 bits per heavy atom. The van der Waals surface area contributed by atoms with Crippen molar-refractivity contribution in [2.24, 2.45) is 5.92 Å². The quantitative estimate of drug-likeness (QED) is 0.618. The van der Waals surface area contributed by atoms with Crippen LogP contribution in [0.2, 0.25) is 10.2 Å². The summed E-state index contributed by atoms with van der Waals surface area (Å²) in [4.78, 5) is 15.8. The lowest BCUT2D eigenvalue weighted by molar-refractivity contribution is -0.150. The number of nitrogens with one attached hydrogen (secondary N) is 1. The summed E-state index contributed by atoms with van der Waals surface area (Å²) in [5, 5.41) is -0.590. The molecule has 0 spiro atoms. The zero-order chi connectivity index (χ0) is 21.7. The average molecular weight is 537 g/mol. The zero-order valence-electron chi connectivity index (χ0n) is 14.3. The normalized spacial score (nSPS) is 19.1. The molecular weight excluding hydrogens is 526 g/mol. The number of ether oxygens (including phenoxy) is 1. The number of aromatic nitrogens is 2. The van der Waals surface area contributed by atoms with Gasteiger partial charge in [-0.15, -0.1) is 0 Å². The lowest BCUT2D eigenvalue weighted by atomic mass is 10.3. The number of imidazole rings is 1. The Balaban J connectivity index is 1.88. The summed E-state index contributed by atoms with van der Waals surface area (Å²) in [5.41, 5.74) is -0.547. The van der Waals surface area contributed by atoms with Crippen molar-refractivity contribution in [3.63, 3.8) is 0 Å². The van der Waals surface area contributed by atoms with Gasteiger partial charge in [0.25, 0.3) is 15.9 Å². The molecule has 0 aliphatic heterocycles. The van der Waals surface area contributed by atoms with Crippen molar-refractivity contribution in [2.75, 3.05) is 7.11 Å².